The Balaban J connectivity index is 1.81. The van der Waals surface area contributed by atoms with E-state index in [2.05, 4.69) is 10.6 Å². The van der Waals surface area contributed by atoms with Crippen molar-refractivity contribution in [2.45, 2.75) is 71.2 Å². The van der Waals surface area contributed by atoms with Crippen molar-refractivity contribution in [1.29, 1.82) is 0 Å². The molecule has 1 fully saturated rings. The highest BCUT2D eigenvalue weighted by Crippen LogP contribution is 2.20. The summed E-state index contributed by atoms with van der Waals surface area (Å²) >= 11 is 0. The van der Waals surface area contributed by atoms with Crippen LogP contribution in [0.4, 0.5) is 4.79 Å². The zero-order valence-corrected chi connectivity index (χ0v) is 13.4. The molecule has 5 nitrogen and oxygen atoms in total. The molecule has 0 aromatic carbocycles. The van der Waals surface area contributed by atoms with E-state index in [9.17, 15) is 4.79 Å². The molecule has 2 unspecified atom stereocenters. The molecule has 2 rings (SSSR count). The SMILES string of the molecule is Cc1ccc(CNC2CCCC2NC(=O)OC(C)(C)C)o1. The molecular formula is C16H26N2O3. The normalized spacial score (nSPS) is 22.3. The van der Waals surface area contributed by atoms with Gasteiger partial charge in [0.15, 0.2) is 0 Å². The van der Waals surface area contributed by atoms with E-state index in [4.69, 9.17) is 9.15 Å². The molecule has 0 saturated heterocycles. The van der Waals surface area contributed by atoms with Crippen LogP contribution in [0.25, 0.3) is 0 Å². The summed E-state index contributed by atoms with van der Waals surface area (Å²) in [6.07, 6.45) is 2.80. The third-order valence-corrected chi connectivity index (χ3v) is 3.55. The van der Waals surface area contributed by atoms with Crippen LogP contribution in [0.3, 0.4) is 0 Å². The first-order valence-corrected chi connectivity index (χ1v) is 7.62. The zero-order chi connectivity index (χ0) is 15.5. The smallest absolute Gasteiger partial charge is 0.407 e. The van der Waals surface area contributed by atoms with Crippen LogP contribution < -0.4 is 10.6 Å². The van der Waals surface area contributed by atoms with Gasteiger partial charge < -0.3 is 19.8 Å². The molecule has 0 bridgehead atoms. The average molecular weight is 294 g/mol. The molecule has 118 valence electrons. The molecule has 0 radical (unpaired) electrons. The van der Waals surface area contributed by atoms with Crippen LogP contribution in [0.15, 0.2) is 16.5 Å². The number of carbonyl (C=O) groups excluding carboxylic acids is 1. The maximum atomic E-state index is 11.9. The molecule has 0 spiro atoms. The maximum absolute atomic E-state index is 11.9. The van der Waals surface area contributed by atoms with Crippen molar-refractivity contribution in [2.24, 2.45) is 0 Å². The van der Waals surface area contributed by atoms with E-state index >= 15 is 0 Å². The van der Waals surface area contributed by atoms with E-state index in [1.165, 1.54) is 0 Å². The number of alkyl carbamates (subject to hydrolysis) is 1. The Bertz CT molecular complexity index is 476. The number of aryl methyl sites for hydroxylation is 1. The average Bonchev–Trinajstić information content (AvgIpc) is 2.93. The molecule has 5 heteroatoms. The predicted molar refractivity (Wildman–Crippen MR) is 81.1 cm³/mol. The third kappa shape index (κ3) is 5.08. The van der Waals surface area contributed by atoms with Gasteiger partial charge >= 0.3 is 6.09 Å². The Hall–Kier alpha value is -1.49. The topological polar surface area (TPSA) is 63.5 Å². The van der Waals surface area contributed by atoms with Crippen LogP contribution in [0.1, 0.15) is 51.6 Å². The highest BCUT2D eigenvalue weighted by molar-refractivity contribution is 5.68. The molecule has 1 aliphatic carbocycles. The molecule has 1 saturated carbocycles. The second kappa shape index (κ2) is 6.52. The lowest BCUT2D eigenvalue weighted by Crippen LogP contribution is -2.47. The van der Waals surface area contributed by atoms with Crippen molar-refractivity contribution >= 4 is 6.09 Å². The Kier molecular flexibility index (Phi) is 4.93. The van der Waals surface area contributed by atoms with E-state index in [0.717, 1.165) is 30.8 Å². The van der Waals surface area contributed by atoms with E-state index in [1.807, 2.05) is 39.8 Å². The summed E-state index contributed by atoms with van der Waals surface area (Å²) < 4.78 is 10.9. The maximum Gasteiger partial charge on any atom is 0.407 e. The Morgan fingerprint density at radius 1 is 1.33 bits per heavy atom. The highest BCUT2D eigenvalue weighted by Gasteiger charge is 2.29. The summed E-state index contributed by atoms with van der Waals surface area (Å²) in [6.45, 7) is 8.24. The third-order valence-electron chi connectivity index (χ3n) is 3.55. The first-order chi connectivity index (χ1) is 9.83. The van der Waals surface area contributed by atoms with Crippen molar-refractivity contribution in [2.75, 3.05) is 0 Å². The van der Waals surface area contributed by atoms with Crippen LogP contribution in [-0.4, -0.2) is 23.8 Å². The van der Waals surface area contributed by atoms with Gasteiger partial charge in [-0.2, -0.15) is 0 Å². The predicted octanol–water partition coefficient (Wildman–Crippen LogP) is 3.12. The Morgan fingerprint density at radius 3 is 2.67 bits per heavy atom. The molecule has 21 heavy (non-hydrogen) atoms. The fourth-order valence-electron chi connectivity index (χ4n) is 2.65. The van der Waals surface area contributed by atoms with Gasteiger partial charge in [-0.3, -0.25) is 0 Å². The number of furan rings is 1. The van der Waals surface area contributed by atoms with Crippen LogP contribution in [0.2, 0.25) is 0 Å². The van der Waals surface area contributed by atoms with E-state index in [0.29, 0.717) is 6.54 Å². The summed E-state index contributed by atoms with van der Waals surface area (Å²) in [5, 5.41) is 6.44. The minimum absolute atomic E-state index is 0.121. The Labute approximate surface area is 126 Å². The van der Waals surface area contributed by atoms with Crippen molar-refractivity contribution in [3.63, 3.8) is 0 Å². The highest BCUT2D eigenvalue weighted by atomic mass is 16.6. The summed E-state index contributed by atoms with van der Waals surface area (Å²) in [6, 6.07) is 4.33. The summed E-state index contributed by atoms with van der Waals surface area (Å²) in [5.41, 5.74) is -0.461. The minimum Gasteiger partial charge on any atom is -0.465 e. The molecular weight excluding hydrogens is 268 g/mol. The number of rotatable bonds is 4. The largest absolute Gasteiger partial charge is 0.465 e. The number of ether oxygens (including phenoxy) is 1. The molecule has 1 heterocycles. The second-order valence-electron chi connectivity index (χ2n) is 6.68. The first kappa shape index (κ1) is 15.9. The quantitative estimate of drug-likeness (QED) is 0.895. The monoisotopic (exact) mass is 294 g/mol. The first-order valence-electron chi connectivity index (χ1n) is 7.62. The number of carbonyl (C=O) groups is 1. The van der Waals surface area contributed by atoms with Crippen molar-refractivity contribution in [3.05, 3.63) is 23.7 Å². The van der Waals surface area contributed by atoms with Gasteiger partial charge in [0, 0.05) is 12.1 Å². The van der Waals surface area contributed by atoms with Crippen molar-refractivity contribution < 1.29 is 13.9 Å². The van der Waals surface area contributed by atoms with Gasteiger partial charge in [0.05, 0.1) is 6.54 Å². The molecule has 1 aliphatic rings. The number of nitrogens with one attached hydrogen (secondary N) is 2. The summed E-state index contributed by atoms with van der Waals surface area (Å²) in [4.78, 5) is 11.9. The van der Waals surface area contributed by atoms with Gasteiger partial charge in [0.2, 0.25) is 0 Å². The number of amides is 1. The van der Waals surface area contributed by atoms with E-state index in [1.54, 1.807) is 0 Å². The summed E-state index contributed by atoms with van der Waals surface area (Å²) in [7, 11) is 0. The minimum atomic E-state index is -0.461. The lowest BCUT2D eigenvalue weighted by atomic mass is 10.1. The number of hydrogen-bond acceptors (Lipinski definition) is 4. The standard InChI is InChI=1S/C16H26N2O3/c1-11-8-9-12(20-11)10-17-13-6-5-7-14(13)18-15(19)21-16(2,3)4/h8-9,13-14,17H,5-7,10H2,1-4H3,(H,18,19). The molecule has 1 aromatic rings. The van der Waals surface area contributed by atoms with Gasteiger partial charge in [-0.15, -0.1) is 0 Å². The lowest BCUT2D eigenvalue weighted by molar-refractivity contribution is 0.0498. The van der Waals surface area contributed by atoms with Crippen LogP contribution >= 0.6 is 0 Å². The van der Waals surface area contributed by atoms with E-state index in [-0.39, 0.29) is 18.2 Å². The van der Waals surface area contributed by atoms with E-state index < -0.39 is 5.60 Å². The molecule has 1 aromatic heterocycles. The van der Waals surface area contributed by atoms with Crippen molar-refractivity contribution in [3.8, 4) is 0 Å². The van der Waals surface area contributed by atoms with Crippen molar-refractivity contribution in [1.82, 2.24) is 10.6 Å². The number of hydrogen-bond donors (Lipinski definition) is 2. The second-order valence-corrected chi connectivity index (χ2v) is 6.68. The molecule has 1 amide bonds. The fourth-order valence-corrected chi connectivity index (χ4v) is 2.65. The molecule has 2 N–H and O–H groups in total. The lowest BCUT2D eigenvalue weighted by Gasteiger charge is -2.25. The van der Waals surface area contributed by atoms with Gasteiger partial charge in [-0.1, -0.05) is 0 Å². The van der Waals surface area contributed by atoms with Gasteiger partial charge in [0.1, 0.15) is 17.1 Å². The van der Waals surface area contributed by atoms with Gasteiger partial charge in [0.25, 0.3) is 0 Å². The van der Waals surface area contributed by atoms with Crippen LogP contribution in [-0.2, 0) is 11.3 Å². The zero-order valence-electron chi connectivity index (χ0n) is 13.4. The van der Waals surface area contributed by atoms with Gasteiger partial charge in [-0.25, -0.2) is 4.79 Å². The van der Waals surface area contributed by atoms with Crippen LogP contribution in [0.5, 0.6) is 0 Å². The Morgan fingerprint density at radius 2 is 2.05 bits per heavy atom. The van der Waals surface area contributed by atoms with Crippen LogP contribution in [0, 0.1) is 6.92 Å². The summed E-state index contributed by atoms with van der Waals surface area (Å²) in [5.74, 6) is 1.84. The van der Waals surface area contributed by atoms with Gasteiger partial charge in [-0.05, 0) is 59.1 Å². The fraction of sp³-hybridized carbons (Fsp3) is 0.688. The molecule has 0 aliphatic heterocycles. The molecule has 2 atom stereocenters.